The maximum atomic E-state index is 13.3. The lowest BCUT2D eigenvalue weighted by Crippen LogP contribution is -2.48. The number of hydrogen-bond donors (Lipinski definition) is 1. The van der Waals surface area contributed by atoms with Gasteiger partial charge in [-0.2, -0.15) is 4.31 Å². The Labute approximate surface area is 217 Å². The Hall–Kier alpha value is -2.99. The SMILES string of the molecule is O=C(COC(=O)c1ccc(Cl)c(S(=O)(=O)N2CCN(c3ccc(F)cc3)CC2)c1)NCc1cccs1. The number of halogens is 2. The first-order chi connectivity index (χ1) is 17.2. The Balaban J connectivity index is 1.37. The number of anilines is 1. The van der Waals surface area contributed by atoms with Crippen LogP contribution < -0.4 is 10.2 Å². The van der Waals surface area contributed by atoms with Gasteiger partial charge in [0.1, 0.15) is 10.7 Å². The van der Waals surface area contributed by atoms with Crippen molar-refractivity contribution in [3.05, 3.63) is 81.3 Å². The second-order valence-electron chi connectivity index (χ2n) is 7.94. The molecule has 1 aliphatic heterocycles. The average Bonchev–Trinajstić information content (AvgIpc) is 3.40. The van der Waals surface area contributed by atoms with Gasteiger partial charge in [-0.1, -0.05) is 17.7 Å². The van der Waals surface area contributed by atoms with Crippen LogP contribution >= 0.6 is 22.9 Å². The summed E-state index contributed by atoms with van der Waals surface area (Å²) in [5, 5.41) is 4.51. The molecule has 0 bridgehead atoms. The minimum absolute atomic E-state index is 0.0267. The standard InChI is InChI=1S/C24H23ClFN3O5S2/c25-21-8-3-17(24(31)34-16-23(30)27-15-20-2-1-13-35-20)14-22(21)36(32,33)29-11-9-28(10-12-29)19-6-4-18(26)5-7-19/h1-8,13-14H,9-12,15-16H2,(H,27,30). The molecule has 1 N–H and O–H groups in total. The number of ether oxygens (including phenoxy) is 1. The fourth-order valence-corrected chi connectivity index (χ4v) is 6.24. The third-order valence-corrected chi connectivity index (χ3v) is 8.85. The average molecular weight is 552 g/mol. The lowest BCUT2D eigenvalue weighted by atomic mass is 10.2. The fourth-order valence-electron chi connectivity index (χ4n) is 3.67. The van der Waals surface area contributed by atoms with Gasteiger partial charge in [-0.15, -0.1) is 11.3 Å². The van der Waals surface area contributed by atoms with Crippen LogP contribution in [0.2, 0.25) is 5.02 Å². The van der Waals surface area contributed by atoms with Crippen LogP contribution in [0.25, 0.3) is 0 Å². The van der Waals surface area contributed by atoms with Gasteiger partial charge < -0.3 is 15.0 Å². The Bertz CT molecular complexity index is 1330. The quantitative estimate of drug-likeness (QED) is 0.430. The summed E-state index contributed by atoms with van der Waals surface area (Å²) in [4.78, 5) is 27.2. The summed E-state index contributed by atoms with van der Waals surface area (Å²) in [5.41, 5.74) is 0.768. The van der Waals surface area contributed by atoms with Gasteiger partial charge in [0, 0.05) is 36.7 Å². The summed E-state index contributed by atoms with van der Waals surface area (Å²) < 4.78 is 46.1. The number of carbonyl (C=O) groups is 2. The number of esters is 1. The topological polar surface area (TPSA) is 96.0 Å². The van der Waals surface area contributed by atoms with Gasteiger partial charge in [-0.3, -0.25) is 4.79 Å². The predicted molar refractivity (Wildman–Crippen MR) is 135 cm³/mol. The molecule has 0 unspecified atom stereocenters. The maximum absolute atomic E-state index is 13.3. The van der Waals surface area contributed by atoms with E-state index in [1.165, 1.54) is 39.9 Å². The molecule has 1 fully saturated rings. The highest BCUT2D eigenvalue weighted by molar-refractivity contribution is 7.89. The number of thiophene rings is 1. The number of carbonyl (C=O) groups excluding carboxylic acids is 2. The Morgan fingerprint density at radius 3 is 2.44 bits per heavy atom. The van der Waals surface area contributed by atoms with Crippen molar-refractivity contribution in [1.29, 1.82) is 0 Å². The van der Waals surface area contributed by atoms with Crippen molar-refractivity contribution in [1.82, 2.24) is 9.62 Å². The number of sulfonamides is 1. The number of nitrogens with one attached hydrogen (secondary N) is 1. The minimum Gasteiger partial charge on any atom is -0.452 e. The zero-order valence-corrected chi connectivity index (χ0v) is 21.4. The van der Waals surface area contributed by atoms with Crippen LogP contribution in [-0.4, -0.2) is 57.4 Å². The lowest BCUT2D eigenvalue weighted by molar-refractivity contribution is -0.124. The van der Waals surface area contributed by atoms with Crippen LogP contribution in [0, 0.1) is 5.82 Å². The lowest BCUT2D eigenvalue weighted by Gasteiger charge is -2.35. The molecule has 0 atom stereocenters. The largest absolute Gasteiger partial charge is 0.452 e. The zero-order valence-electron chi connectivity index (χ0n) is 19.0. The molecule has 2 heterocycles. The number of amides is 1. The van der Waals surface area contributed by atoms with Gasteiger partial charge in [0.05, 0.1) is 17.1 Å². The van der Waals surface area contributed by atoms with Gasteiger partial charge in [0.25, 0.3) is 5.91 Å². The first-order valence-electron chi connectivity index (χ1n) is 11.0. The summed E-state index contributed by atoms with van der Waals surface area (Å²) in [6.45, 7) is 1.02. The van der Waals surface area contributed by atoms with E-state index in [0.717, 1.165) is 16.6 Å². The summed E-state index contributed by atoms with van der Waals surface area (Å²) in [7, 11) is -4.00. The van der Waals surface area contributed by atoms with Crippen molar-refractivity contribution in [2.45, 2.75) is 11.4 Å². The normalized spacial score (nSPS) is 14.4. The van der Waals surface area contributed by atoms with Crippen LogP contribution in [-0.2, 0) is 26.1 Å². The van der Waals surface area contributed by atoms with E-state index >= 15 is 0 Å². The maximum Gasteiger partial charge on any atom is 0.338 e. The highest BCUT2D eigenvalue weighted by atomic mass is 35.5. The number of piperazine rings is 1. The van der Waals surface area contributed by atoms with Crippen LogP contribution in [0.1, 0.15) is 15.2 Å². The van der Waals surface area contributed by atoms with E-state index in [-0.39, 0.29) is 34.4 Å². The molecule has 0 radical (unpaired) electrons. The molecule has 1 saturated heterocycles. The van der Waals surface area contributed by atoms with Crippen LogP contribution in [0.4, 0.5) is 10.1 Å². The van der Waals surface area contributed by atoms with Crippen LogP contribution in [0.5, 0.6) is 0 Å². The second-order valence-corrected chi connectivity index (χ2v) is 11.3. The predicted octanol–water partition coefficient (Wildman–Crippen LogP) is 3.52. The number of benzene rings is 2. The molecular weight excluding hydrogens is 529 g/mol. The third kappa shape index (κ3) is 6.22. The molecule has 0 spiro atoms. The molecule has 3 aromatic rings. The van der Waals surface area contributed by atoms with E-state index < -0.39 is 28.5 Å². The zero-order chi connectivity index (χ0) is 25.7. The monoisotopic (exact) mass is 551 g/mol. The van der Waals surface area contributed by atoms with E-state index in [2.05, 4.69) is 5.32 Å². The molecule has 8 nitrogen and oxygen atoms in total. The third-order valence-electron chi connectivity index (χ3n) is 5.59. The van der Waals surface area contributed by atoms with Crippen molar-refractivity contribution < 1.29 is 27.1 Å². The first-order valence-corrected chi connectivity index (χ1v) is 13.7. The van der Waals surface area contributed by atoms with E-state index in [0.29, 0.717) is 19.6 Å². The summed E-state index contributed by atoms with van der Waals surface area (Å²) >= 11 is 7.68. The van der Waals surface area contributed by atoms with Gasteiger partial charge in [0.15, 0.2) is 6.61 Å². The van der Waals surface area contributed by atoms with Crippen molar-refractivity contribution >= 4 is 50.5 Å². The van der Waals surface area contributed by atoms with Crippen LogP contribution in [0.15, 0.2) is 64.9 Å². The molecule has 36 heavy (non-hydrogen) atoms. The van der Waals surface area contributed by atoms with E-state index in [9.17, 15) is 22.4 Å². The second kappa shape index (κ2) is 11.4. The van der Waals surface area contributed by atoms with E-state index in [4.69, 9.17) is 16.3 Å². The fraction of sp³-hybridized carbons (Fsp3) is 0.250. The Morgan fingerprint density at radius 1 is 1.06 bits per heavy atom. The van der Waals surface area contributed by atoms with Gasteiger partial charge in [-0.05, 0) is 53.9 Å². The van der Waals surface area contributed by atoms with Crippen molar-refractivity contribution in [3.8, 4) is 0 Å². The van der Waals surface area contributed by atoms with E-state index in [1.54, 1.807) is 12.1 Å². The minimum atomic E-state index is -4.00. The highest BCUT2D eigenvalue weighted by Gasteiger charge is 2.31. The van der Waals surface area contributed by atoms with Crippen molar-refractivity contribution in [2.75, 3.05) is 37.7 Å². The highest BCUT2D eigenvalue weighted by Crippen LogP contribution is 2.28. The molecular formula is C24H23ClFN3O5S2. The number of rotatable bonds is 8. The summed E-state index contributed by atoms with van der Waals surface area (Å²) in [6.07, 6.45) is 0. The Kier molecular flexibility index (Phi) is 8.24. The van der Waals surface area contributed by atoms with Gasteiger partial charge >= 0.3 is 5.97 Å². The Morgan fingerprint density at radius 2 is 1.78 bits per heavy atom. The number of nitrogens with zero attached hydrogens (tertiary/aromatic N) is 2. The molecule has 1 aromatic heterocycles. The van der Waals surface area contributed by atoms with Crippen LogP contribution in [0.3, 0.4) is 0 Å². The molecule has 12 heteroatoms. The molecule has 1 amide bonds. The first kappa shape index (κ1) is 26.1. The molecule has 4 rings (SSSR count). The summed E-state index contributed by atoms with van der Waals surface area (Å²) in [5.74, 6) is -1.65. The molecule has 190 valence electrons. The smallest absolute Gasteiger partial charge is 0.338 e. The number of hydrogen-bond acceptors (Lipinski definition) is 7. The summed E-state index contributed by atoms with van der Waals surface area (Å²) in [6, 6.07) is 13.6. The van der Waals surface area contributed by atoms with Crippen molar-refractivity contribution in [3.63, 3.8) is 0 Å². The molecule has 1 aliphatic rings. The van der Waals surface area contributed by atoms with Crippen molar-refractivity contribution in [2.24, 2.45) is 0 Å². The van der Waals surface area contributed by atoms with E-state index in [1.807, 2.05) is 22.4 Å². The molecule has 0 saturated carbocycles. The molecule has 0 aliphatic carbocycles. The van der Waals surface area contributed by atoms with Gasteiger partial charge in [-0.25, -0.2) is 17.6 Å². The molecule has 2 aromatic carbocycles. The van der Waals surface area contributed by atoms with Gasteiger partial charge in [0.2, 0.25) is 10.0 Å².